The van der Waals surface area contributed by atoms with E-state index in [1.165, 1.54) is 0 Å². The first kappa shape index (κ1) is 20.9. The van der Waals surface area contributed by atoms with E-state index in [1.807, 2.05) is 62.8 Å². The molecule has 2 N–H and O–H groups in total. The molecule has 2 amide bonds. The number of carbonyl (C=O) groups excluding carboxylic acids is 1. The Morgan fingerprint density at radius 1 is 1.21 bits per heavy atom. The first-order chi connectivity index (χ1) is 14.1. The Morgan fingerprint density at radius 3 is 2.76 bits per heavy atom. The van der Waals surface area contributed by atoms with Crippen LogP contribution < -0.4 is 20.3 Å². The molecule has 1 aliphatic rings. The number of rotatable bonds is 8. The van der Waals surface area contributed by atoms with E-state index < -0.39 is 0 Å². The number of hydrogen-bond acceptors (Lipinski definition) is 5. The van der Waals surface area contributed by atoms with Crippen LogP contribution >= 0.6 is 0 Å². The van der Waals surface area contributed by atoms with Gasteiger partial charge in [-0.15, -0.1) is 0 Å². The minimum atomic E-state index is -0.125. The second-order valence-electron chi connectivity index (χ2n) is 7.58. The van der Waals surface area contributed by atoms with E-state index in [4.69, 9.17) is 4.74 Å². The predicted octanol–water partition coefficient (Wildman–Crippen LogP) is 2.49. The van der Waals surface area contributed by atoms with Gasteiger partial charge >= 0.3 is 6.03 Å². The normalized spacial score (nSPS) is 14.7. The molecule has 1 aromatic carbocycles. The lowest BCUT2D eigenvalue weighted by atomic mass is 10.1. The molecular weight excluding hydrogens is 366 g/mol. The Balaban J connectivity index is 1.38. The van der Waals surface area contributed by atoms with Crippen molar-refractivity contribution in [2.45, 2.75) is 25.4 Å². The molecule has 0 unspecified atom stereocenters. The summed E-state index contributed by atoms with van der Waals surface area (Å²) in [6.07, 6.45) is 3.65. The van der Waals surface area contributed by atoms with Gasteiger partial charge in [0.25, 0.3) is 0 Å². The van der Waals surface area contributed by atoms with Crippen molar-refractivity contribution in [1.82, 2.24) is 20.5 Å². The molecule has 1 aliphatic heterocycles. The highest BCUT2D eigenvalue weighted by molar-refractivity contribution is 5.74. The fourth-order valence-electron chi connectivity index (χ4n) is 3.30. The number of ether oxygens (including phenoxy) is 1. The standard InChI is InChI=1S/C22H31N5O2/c1-26(2)14-15-29-20-7-5-6-18(16-20)17-24-22(28)25-19-9-12-27(13-10-19)21-8-3-4-11-23-21/h3-8,11,16,19H,9-10,12-15,17H2,1-2H3,(H2,24,25,28). The van der Waals surface area contributed by atoms with Crippen LogP contribution in [0.2, 0.25) is 0 Å². The van der Waals surface area contributed by atoms with E-state index in [9.17, 15) is 4.79 Å². The van der Waals surface area contributed by atoms with Crippen molar-refractivity contribution < 1.29 is 9.53 Å². The molecule has 0 spiro atoms. The summed E-state index contributed by atoms with van der Waals surface area (Å²) in [4.78, 5) is 21.0. The molecule has 7 nitrogen and oxygen atoms in total. The fraction of sp³-hybridized carbons (Fsp3) is 0.455. The summed E-state index contributed by atoms with van der Waals surface area (Å²) in [5, 5.41) is 6.04. The summed E-state index contributed by atoms with van der Waals surface area (Å²) in [6.45, 7) is 3.78. The number of nitrogens with zero attached hydrogens (tertiary/aromatic N) is 3. The number of piperidine rings is 1. The van der Waals surface area contributed by atoms with Crippen molar-refractivity contribution in [3.63, 3.8) is 0 Å². The Labute approximate surface area is 173 Å². The number of benzene rings is 1. The van der Waals surface area contributed by atoms with Crippen molar-refractivity contribution in [3.05, 3.63) is 54.2 Å². The zero-order valence-electron chi connectivity index (χ0n) is 17.3. The summed E-state index contributed by atoms with van der Waals surface area (Å²) < 4.78 is 5.75. The number of amides is 2. The molecule has 2 heterocycles. The van der Waals surface area contributed by atoms with E-state index in [0.717, 1.165) is 49.6 Å². The molecule has 1 aromatic heterocycles. The van der Waals surface area contributed by atoms with Crippen molar-refractivity contribution in [1.29, 1.82) is 0 Å². The lowest BCUT2D eigenvalue weighted by molar-refractivity contribution is 0.234. The minimum Gasteiger partial charge on any atom is -0.492 e. The average Bonchev–Trinajstić information content (AvgIpc) is 2.73. The van der Waals surface area contributed by atoms with Gasteiger partial charge in [0, 0.05) is 38.4 Å². The molecule has 2 aromatic rings. The molecule has 1 fully saturated rings. The highest BCUT2D eigenvalue weighted by Crippen LogP contribution is 2.17. The zero-order chi connectivity index (χ0) is 20.5. The number of aromatic nitrogens is 1. The predicted molar refractivity (Wildman–Crippen MR) is 115 cm³/mol. The van der Waals surface area contributed by atoms with Crippen molar-refractivity contribution in [2.75, 3.05) is 45.2 Å². The summed E-state index contributed by atoms with van der Waals surface area (Å²) in [6, 6.07) is 13.9. The van der Waals surface area contributed by atoms with Crippen LogP contribution in [0.15, 0.2) is 48.7 Å². The van der Waals surface area contributed by atoms with Gasteiger partial charge < -0.3 is 25.2 Å². The molecule has 1 saturated heterocycles. The number of urea groups is 1. The monoisotopic (exact) mass is 397 g/mol. The fourth-order valence-corrected chi connectivity index (χ4v) is 3.30. The third-order valence-corrected chi connectivity index (χ3v) is 4.96. The lowest BCUT2D eigenvalue weighted by Gasteiger charge is -2.33. The van der Waals surface area contributed by atoms with Gasteiger partial charge in [0.15, 0.2) is 0 Å². The third kappa shape index (κ3) is 6.94. The summed E-state index contributed by atoms with van der Waals surface area (Å²) in [5.74, 6) is 1.83. The van der Waals surface area contributed by atoms with Gasteiger partial charge in [0.05, 0.1) is 0 Å². The van der Waals surface area contributed by atoms with E-state index in [1.54, 1.807) is 0 Å². The molecule has 0 aliphatic carbocycles. The molecule has 0 radical (unpaired) electrons. The molecule has 156 valence electrons. The first-order valence-corrected chi connectivity index (χ1v) is 10.2. The largest absolute Gasteiger partial charge is 0.492 e. The molecule has 0 saturated carbocycles. The third-order valence-electron chi connectivity index (χ3n) is 4.96. The Kier molecular flexibility index (Phi) is 7.69. The van der Waals surface area contributed by atoms with Crippen LogP contribution in [0.1, 0.15) is 18.4 Å². The molecule has 0 bridgehead atoms. The number of carbonyl (C=O) groups is 1. The van der Waals surface area contributed by atoms with Crippen LogP contribution in [0, 0.1) is 0 Å². The zero-order valence-corrected chi connectivity index (χ0v) is 17.3. The lowest BCUT2D eigenvalue weighted by Crippen LogP contribution is -2.47. The van der Waals surface area contributed by atoms with Crippen LogP contribution in [-0.4, -0.2) is 62.3 Å². The first-order valence-electron chi connectivity index (χ1n) is 10.2. The van der Waals surface area contributed by atoms with Crippen LogP contribution in [0.25, 0.3) is 0 Å². The van der Waals surface area contributed by atoms with Crippen LogP contribution in [-0.2, 0) is 6.54 Å². The van der Waals surface area contributed by atoms with Crippen LogP contribution in [0.5, 0.6) is 5.75 Å². The van der Waals surface area contributed by atoms with E-state index in [2.05, 4.69) is 25.4 Å². The number of pyridine rings is 1. The Bertz CT molecular complexity index is 761. The summed E-state index contributed by atoms with van der Waals surface area (Å²) >= 11 is 0. The van der Waals surface area contributed by atoms with Crippen molar-refractivity contribution in [2.24, 2.45) is 0 Å². The molecular formula is C22H31N5O2. The van der Waals surface area contributed by atoms with E-state index in [-0.39, 0.29) is 12.1 Å². The van der Waals surface area contributed by atoms with Gasteiger partial charge in [0.2, 0.25) is 0 Å². The van der Waals surface area contributed by atoms with Crippen LogP contribution in [0.3, 0.4) is 0 Å². The van der Waals surface area contributed by atoms with Gasteiger partial charge in [0.1, 0.15) is 18.2 Å². The maximum Gasteiger partial charge on any atom is 0.315 e. The van der Waals surface area contributed by atoms with E-state index in [0.29, 0.717) is 13.2 Å². The summed E-state index contributed by atoms with van der Waals surface area (Å²) in [7, 11) is 4.04. The number of hydrogen-bond donors (Lipinski definition) is 2. The molecule has 3 rings (SSSR count). The highest BCUT2D eigenvalue weighted by atomic mass is 16.5. The van der Waals surface area contributed by atoms with Gasteiger partial charge in [-0.1, -0.05) is 18.2 Å². The summed E-state index contributed by atoms with van der Waals surface area (Å²) in [5.41, 5.74) is 1.02. The van der Waals surface area contributed by atoms with E-state index >= 15 is 0 Å². The number of likely N-dealkylation sites (N-methyl/N-ethyl adjacent to an activating group) is 1. The second kappa shape index (κ2) is 10.7. The van der Waals surface area contributed by atoms with Gasteiger partial charge in [-0.2, -0.15) is 0 Å². The van der Waals surface area contributed by atoms with Gasteiger partial charge in [-0.25, -0.2) is 9.78 Å². The number of anilines is 1. The Morgan fingerprint density at radius 2 is 2.03 bits per heavy atom. The Hall–Kier alpha value is -2.80. The molecule has 29 heavy (non-hydrogen) atoms. The topological polar surface area (TPSA) is 69.7 Å². The van der Waals surface area contributed by atoms with Gasteiger partial charge in [-0.3, -0.25) is 0 Å². The van der Waals surface area contributed by atoms with Crippen molar-refractivity contribution in [3.8, 4) is 5.75 Å². The smallest absolute Gasteiger partial charge is 0.315 e. The van der Waals surface area contributed by atoms with Crippen molar-refractivity contribution >= 4 is 11.8 Å². The quantitative estimate of drug-likeness (QED) is 0.716. The highest BCUT2D eigenvalue weighted by Gasteiger charge is 2.21. The maximum atomic E-state index is 12.3. The molecule has 7 heteroatoms. The average molecular weight is 398 g/mol. The van der Waals surface area contributed by atoms with Crippen LogP contribution in [0.4, 0.5) is 10.6 Å². The molecule has 0 atom stereocenters. The maximum absolute atomic E-state index is 12.3. The second-order valence-corrected chi connectivity index (χ2v) is 7.58. The minimum absolute atomic E-state index is 0.125. The SMILES string of the molecule is CN(C)CCOc1cccc(CNC(=O)NC2CCN(c3ccccn3)CC2)c1. The van der Waals surface area contributed by atoms with Gasteiger partial charge in [-0.05, 0) is 56.8 Å². The number of nitrogens with one attached hydrogen (secondary N) is 2.